The Morgan fingerprint density at radius 3 is 2.96 bits per heavy atom. The summed E-state index contributed by atoms with van der Waals surface area (Å²) in [4.78, 5) is 4.32. The van der Waals surface area contributed by atoms with Crippen LogP contribution in [0.2, 0.25) is 0 Å². The predicted octanol–water partition coefficient (Wildman–Crippen LogP) is 4.94. The Bertz CT molecular complexity index is 739. The zero-order valence-corrected chi connectivity index (χ0v) is 14.3. The Balaban J connectivity index is 1.73. The van der Waals surface area contributed by atoms with Crippen LogP contribution in [-0.4, -0.2) is 11.6 Å². The third-order valence-corrected chi connectivity index (χ3v) is 4.97. The molecular formula is C21H24N2O. The van der Waals surface area contributed by atoms with Gasteiger partial charge in [0.1, 0.15) is 5.75 Å². The van der Waals surface area contributed by atoms with Crippen LogP contribution >= 0.6 is 0 Å². The van der Waals surface area contributed by atoms with Crippen LogP contribution in [0.25, 0.3) is 0 Å². The number of benzene rings is 1. The Labute approximate surface area is 143 Å². The first-order chi connectivity index (χ1) is 11.7. The topological polar surface area (TPSA) is 34.1 Å². The SMILES string of the molecule is CC(C)COc1cccc2c1NC(c1cccnc1)C1CC=CC21. The molecule has 2 aliphatic rings. The fourth-order valence-corrected chi connectivity index (χ4v) is 3.86. The minimum Gasteiger partial charge on any atom is -0.491 e. The van der Waals surface area contributed by atoms with Crippen LogP contribution in [0.15, 0.2) is 54.9 Å². The van der Waals surface area contributed by atoms with E-state index in [1.54, 1.807) is 0 Å². The van der Waals surface area contributed by atoms with Crippen LogP contribution in [0.3, 0.4) is 0 Å². The van der Waals surface area contributed by atoms with Gasteiger partial charge in [-0.3, -0.25) is 4.98 Å². The molecule has 1 N–H and O–H groups in total. The van der Waals surface area contributed by atoms with E-state index in [9.17, 15) is 0 Å². The van der Waals surface area contributed by atoms with Crippen molar-refractivity contribution in [2.45, 2.75) is 32.2 Å². The van der Waals surface area contributed by atoms with E-state index in [1.807, 2.05) is 18.5 Å². The van der Waals surface area contributed by atoms with Crippen molar-refractivity contribution in [3.63, 3.8) is 0 Å². The first kappa shape index (κ1) is 15.3. The lowest BCUT2D eigenvalue weighted by Crippen LogP contribution is -2.29. The van der Waals surface area contributed by atoms with Gasteiger partial charge in [-0.25, -0.2) is 0 Å². The lowest BCUT2D eigenvalue weighted by atomic mass is 9.77. The standard InChI is InChI=1S/C21H24N2O/c1-14(2)13-24-19-10-4-9-18-16-7-3-8-17(16)20(23-21(18)19)15-6-5-11-22-12-15/h3-7,9-12,14,16-17,20,23H,8,13H2,1-2H3. The molecule has 0 spiro atoms. The molecule has 2 heterocycles. The molecule has 0 amide bonds. The number of nitrogens with zero attached hydrogens (tertiary/aromatic N) is 1. The van der Waals surface area contributed by atoms with Crippen molar-refractivity contribution in [2.24, 2.45) is 11.8 Å². The summed E-state index contributed by atoms with van der Waals surface area (Å²) in [6, 6.07) is 10.9. The highest BCUT2D eigenvalue weighted by Crippen LogP contribution is 2.52. The van der Waals surface area contributed by atoms with Crippen molar-refractivity contribution >= 4 is 5.69 Å². The number of allylic oxidation sites excluding steroid dienone is 2. The van der Waals surface area contributed by atoms with Gasteiger partial charge in [-0.05, 0) is 41.5 Å². The molecule has 1 aromatic carbocycles. The van der Waals surface area contributed by atoms with Gasteiger partial charge in [-0.15, -0.1) is 0 Å². The lowest BCUT2D eigenvalue weighted by molar-refractivity contribution is 0.270. The molecule has 124 valence electrons. The van der Waals surface area contributed by atoms with E-state index in [1.165, 1.54) is 11.1 Å². The van der Waals surface area contributed by atoms with Gasteiger partial charge in [0.05, 0.1) is 18.3 Å². The maximum absolute atomic E-state index is 6.10. The van der Waals surface area contributed by atoms with Crippen LogP contribution in [0.4, 0.5) is 5.69 Å². The quantitative estimate of drug-likeness (QED) is 0.810. The fraction of sp³-hybridized carbons (Fsp3) is 0.381. The highest BCUT2D eigenvalue weighted by molar-refractivity contribution is 5.67. The van der Waals surface area contributed by atoms with Gasteiger partial charge < -0.3 is 10.1 Å². The number of hydrogen-bond donors (Lipinski definition) is 1. The second-order valence-electron chi connectivity index (χ2n) is 7.19. The number of nitrogens with one attached hydrogen (secondary N) is 1. The number of rotatable bonds is 4. The van der Waals surface area contributed by atoms with Crippen molar-refractivity contribution in [1.82, 2.24) is 4.98 Å². The van der Waals surface area contributed by atoms with E-state index >= 15 is 0 Å². The van der Waals surface area contributed by atoms with E-state index in [4.69, 9.17) is 4.74 Å². The molecule has 3 nitrogen and oxygen atoms in total. The van der Waals surface area contributed by atoms with E-state index in [0.717, 1.165) is 24.5 Å². The highest BCUT2D eigenvalue weighted by Gasteiger charge is 2.39. The zero-order valence-electron chi connectivity index (χ0n) is 14.3. The Morgan fingerprint density at radius 2 is 2.17 bits per heavy atom. The molecule has 3 heteroatoms. The fourth-order valence-electron chi connectivity index (χ4n) is 3.86. The number of hydrogen-bond acceptors (Lipinski definition) is 3. The average molecular weight is 320 g/mol. The summed E-state index contributed by atoms with van der Waals surface area (Å²) in [5, 5.41) is 3.77. The molecule has 1 aliphatic carbocycles. The second-order valence-corrected chi connectivity index (χ2v) is 7.19. The Morgan fingerprint density at radius 1 is 1.25 bits per heavy atom. The molecule has 0 radical (unpaired) electrons. The summed E-state index contributed by atoms with van der Waals surface area (Å²) < 4.78 is 6.10. The van der Waals surface area contributed by atoms with Gasteiger partial charge in [-0.1, -0.05) is 44.2 Å². The largest absolute Gasteiger partial charge is 0.491 e. The molecule has 3 atom stereocenters. The van der Waals surface area contributed by atoms with Gasteiger partial charge >= 0.3 is 0 Å². The van der Waals surface area contributed by atoms with Crippen LogP contribution in [0.5, 0.6) is 5.75 Å². The smallest absolute Gasteiger partial charge is 0.142 e. The minimum atomic E-state index is 0.273. The van der Waals surface area contributed by atoms with Gasteiger partial charge in [0.25, 0.3) is 0 Å². The normalized spacial score (nSPS) is 24.4. The summed E-state index contributed by atoms with van der Waals surface area (Å²) in [6.07, 6.45) is 9.60. The first-order valence-corrected chi connectivity index (χ1v) is 8.83. The number of para-hydroxylation sites is 1. The lowest BCUT2D eigenvalue weighted by Gasteiger charge is -2.38. The maximum atomic E-state index is 6.10. The molecule has 1 aromatic heterocycles. The third kappa shape index (κ3) is 2.68. The molecule has 0 saturated heterocycles. The number of anilines is 1. The van der Waals surface area contributed by atoms with Crippen LogP contribution < -0.4 is 10.1 Å². The van der Waals surface area contributed by atoms with Crippen molar-refractivity contribution in [3.05, 3.63) is 66.0 Å². The highest BCUT2D eigenvalue weighted by atomic mass is 16.5. The summed E-state index contributed by atoms with van der Waals surface area (Å²) in [7, 11) is 0. The summed E-state index contributed by atoms with van der Waals surface area (Å²) >= 11 is 0. The third-order valence-electron chi connectivity index (χ3n) is 4.97. The van der Waals surface area contributed by atoms with Crippen molar-refractivity contribution in [2.75, 3.05) is 11.9 Å². The molecule has 1 aliphatic heterocycles. The van der Waals surface area contributed by atoms with E-state index < -0.39 is 0 Å². The van der Waals surface area contributed by atoms with E-state index in [-0.39, 0.29) is 6.04 Å². The second kappa shape index (κ2) is 6.31. The molecule has 2 aromatic rings. The average Bonchev–Trinajstić information content (AvgIpc) is 3.10. The number of pyridine rings is 1. The predicted molar refractivity (Wildman–Crippen MR) is 97.4 cm³/mol. The molecule has 24 heavy (non-hydrogen) atoms. The Kier molecular flexibility index (Phi) is 4.01. The van der Waals surface area contributed by atoms with Crippen LogP contribution in [0.1, 0.15) is 43.4 Å². The van der Waals surface area contributed by atoms with Gasteiger partial charge in [-0.2, -0.15) is 0 Å². The van der Waals surface area contributed by atoms with Gasteiger partial charge in [0, 0.05) is 18.3 Å². The minimum absolute atomic E-state index is 0.273. The zero-order chi connectivity index (χ0) is 16.5. The number of fused-ring (bicyclic) bond motifs is 3. The number of aromatic nitrogens is 1. The van der Waals surface area contributed by atoms with Crippen LogP contribution in [-0.2, 0) is 0 Å². The molecule has 0 saturated carbocycles. The molecule has 3 unspecified atom stereocenters. The van der Waals surface area contributed by atoms with Crippen molar-refractivity contribution in [1.29, 1.82) is 0 Å². The summed E-state index contributed by atoms with van der Waals surface area (Å²) in [6.45, 7) is 5.09. The maximum Gasteiger partial charge on any atom is 0.142 e. The Hall–Kier alpha value is -2.29. The first-order valence-electron chi connectivity index (χ1n) is 8.83. The van der Waals surface area contributed by atoms with Gasteiger partial charge in [0.15, 0.2) is 0 Å². The molecular weight excluding hydrogens is 296 g/mol. The van der Waals surface area contributed by atoms with E-state index in [0.29, 0.717) is 17.8 Å². The van der Waals surface area contributed by atoms with Crippen molar-refractivity contribution in [3.8, 4) is 5.75 Å². The summed E-state index contributed by atoms with van der Waals surface area (Å²) in [5.74, 6) is 2.47. The van der Waals surface area contributed by atoms with E-state index in [2.05, 4.69) is 60.6 Å². The summed E-state index contributed by atoms with van der Waals surface area (Å²) in [5.41, 5.74) is 3.76. The molecule has 4 rings (SSSR count). The van der Waals surface area contributed by atoms with Crippen molar-refractivity contribution < 1.29 is 4.74 Å². The molecule has 0 fully saturated rings. The van der Waals surface area contributed by atoms with Gasteiger partial charge in [0.2, 0.25) is 0 Å². The monoisotopic (exact) mass is 320 g/mol. The van der Waals surface area contributed by atoms with Crippen LogP contribution in [0, 0.1) is 11.8 Å². The number of ether oxygens (including phenoxy) is 1. The molecule has 0 bridgehead atoms.